The van der Waals surface area contributed by atoms with Gasteiger partial charge in [-0.25, -0.2) is 9.67 Å². The summed E-state index contributed by atoms with van der Waals surface area (Å²) in [6.45, 7) is 1.80. The lowest BCUT2D eigenvalue weighted by molar-refractivity contribution is 0.335. The number of aryl methyl sites for hydroxylation is 1. The number of H-pyrrole nitrogens is 1. The second-order valence-corrected chi connectivity index (χ2v) is 4.77. The van der Waals surface area contributed by atoms with Gasteiger partial charge in [0.25, 0.3) is 5.56 Å². The van der Waals surface area contributed by atoms with Gasteiger partial charge >= 0.3 is 0 Å². The number of nitrogens with zero attached hydrogens (tertiary/aromatic N) is 3. The van der Waals surface area contributed by atoms with E-state index in [9.17, 15) is 4.79 Å². The Morgan fingerprint density at radius 1 is 1.35 bits per heavy atom. The number of hydrogen-bond donors (Lipinski definition) is 1. The van der Waals surface area contributed by atoms with E-state index < -0.39 is 0 Å². The van der Waals surface area contributed by atoms with Crippen molar-refractivity contribution < 1.29 is 0 Å². The number of fused-ring (bicyclic) bond motifs is 1. The van der Waals surface area contributed by atoms with Crippen LogP contribution in [0.5, 0.6) is 0 Å². The molecule has 90 valence electrons. The van der Waals surface area contributed by atoms with Crippen LogP contribution in [-0.2, 0) is 0 Å². The minimum atomic E-state index is -0.0884. The van der Waals surface area contributed by atoms with E-state index in [1.807, 2.05) is 4.68 Å². The fraction of sp³-hybridized carbons (Fsp3) is 0.583. The maximum atomic E-state index is 11.7. The third-order valence-corrected chi connectivity index (χ3v) is 3.50. The molecule has 1 aliphatic carbocycles. The van der Waals surface area contributed by atoms with Crippen molar-refractivity contribution in [3.8, 4) is 0 Å². The lowest BCUT2D eigenvalue weighted by atomic mass is 9.96. The molecule has 1 fully saturated rings. The highest BCUT2D eigenvalue weighted by molar-refractivity contribution is 5.73. The van der Waals surface area contributed by atoms with Crippen LogP contribution >= 0.6 is 0 Å². The molecule has 0 amide bonds. The van der Waals surface area contributed by atoms with E-state index in [-0.39, 0.29) is 5.56 Å². The predicted octanol–water partition coefficient (Wildman–Crippen LogP) is 1.93. The van der Waals surface area contributed by atoms with E-state index in [0.717, 1.165) is 18.5 Å². The SMILES string of the molecule is Cc1nc2c(cnn2C2CCCCC2)c(=O)[nH]1. The number of rotatable bonds is 1. The highest BCUT2D eigenvalue weighted by Crippen LogP contribution is 2.29. The molecule has 0 aliphatic heterocycles. The fourth-order valence-electron chi connectivity index (χ4n) is 2.64. The molecule has 0 bridgehead atoms. The molecule has 3 rings (SSSR count). The molecule has 1 N–H and O–H groups in total. The minimum absolute atomic E-state index is 0.0884. The van der Waals surface area contributed by atoms with Gasteiger partial charge in [-0.1, -0.05) is 19.3 Å². The van der Waals surface area contributed by atoms with E-state index in [1.54, 1.807) is 13.1 Å². The zero-order valence-corrected chi connectivity index (χ0v) is 9.94. The number of nitrogens with one attached hydrogen (secondary N) is 1. The summed E-state index contributed by atoms with van der Waals surface area (Å²) in [6, 6.07) is 0.412. The molecule has 0 unspecified atom stereocenters. The Bertz CT molecular complexity index is 592. The molecule has 0 saturated heterocycles. The minimum Gasteiger partial charge on any atom is -0.310 e. The van der Waals surface area contributed by atoms with Crippen LogP contribution in [0, 0.1) is 6.92 Å². The fourth-order valence-corrected chi connectivity index (χ4v) is 2.64. The van der Waals surface area contributed by atoms with Crippen LogP contribution < -0.4 is 5.56 Å². The zero-order chi connectivity index (χ0) is 11.8. The molecule has 0 aromatic carbocycles. The monoisotopic (exact) mass is 232 g/mol. The molecular weight excluding hydrogens is 216 g/mol. The van der Waals surface area contributed by atoms with Gasteiger partial charge in [-0.05, 0) is 19.8 Å². The summed E-state index contributed by atoms with van der Waals surface area (Å²) in [5.74, 6) is 0.653. The van der Waals surface area contributed by atoms with E-state index in [2.05, 4.69) is 15.1 Å². The van der Waals surface area contributed by atoms with E-state index in [1.165, 1.54) is 19.3 Å². The van der Waals surface area contributed by atoms with Gasteiger partial charge < -0.3 is 4.98 Å². The molecule has 2 aromatic heterocycles. The average molecular weight is 232 g/mol. The van der Waals surface area contributed by atoms with Crippen LogP contribution in [0.2, 0.25) is 0 Å². The quantitative estimate of drug-likeness (QED) is 0.817. The first-order chi connectivity index (χ1) is 8.25. The van der Waals surface area contributed by atoms with Crippen molar-refractivity contribution in [3.05, 3.63) is 22.4 Å². The average Bonchev–Trinajstić information content (AvgIpc) is 2.74. The van der Waals surface area contributed by atoms with Gasteiger partial charge in [0.05, 0.1) is 12.2 Å². The Morgan fingerprint density at radius 2 is 2.12 bits per heavy atom. The summed E-state index contributed by atoms with van der Waals surface area (Å²) in [5.41, 5.74) is 0.646. The van der Waals surface area contributed by atoms with E-state index in [0.29, 0.717) is 17.3 Å². The number of aromatic amines is 1. The first-order valence-corrected chi connectivity index (χ1v) is 6.20. The predicted molar refractivity (Wildman–Crippen MR) is 65.0 cm³/mol. The zero-order valence-electron chi connectivity index (χ0n) is 9.94. The second-order valence-electron chi connectivity index (χ2n) is 4.77. The molecule has 2 heterocycles. The largest absolute Gasteiger partial charge is 0.310 e. The van der Waals surface area contributed by atoms with Crippen LogP contribution in [0.25, 0.3) is 11.0 Å². The Kier molecular flexibility index (Phi) is 2.46. The normalized spacial score (nSPS) is 17.7. The van der Waals surface area contributed by atoms with Gasteiger partial charge in [0.15, 0.2) is 5.65 Å². The molecule has 17 heavy (non-hydrogen) atoms. The van der Waals surface area contributed by atoms with Crippen molar-refractivity contribution in [3.63, 3.8) is 0 Å². The van der Waals surface area contributed by atoms with Crippen LogP contribution in [0.15, 0.2) is 11.0 Å². The highest BCUT2D eigenvalue weighted by Gasteiger charge is 2.19. The summed E-state index contributed by atoms with van der Waals surface area (Å²) in [7, 11) is 0. The second kappa shape index (κ2) is 3.98. The standard InChI is InChI=1S/C12H16N4O/c1-8-14-11-10(12(17)15-8)7-13-16(11)9-5-3-2-4-6-9/h7,9H,2-6H2,1H3,(H,14,15,17). The Morgan fingerprint density at radius 3 is 2.88 bits per heavy atom. The van der Waals surface area contributed by atoms with E-state index >= 15 is 0 Å². The summed E-state index contributed by atoms with van der Waals surface area (Å²) < 4.78 is 1.94. The highest BCUT2D eigenvalue weighted by atomic mass is 16.1. The molecule has 0 atom stereocenters. The Balaban J connectivity index is 2.13. The van der Waals surface area contributed by atoms with Gasteiger partial charge in [-0.3, -0.25) is 4.79 Å². The van der Waals surface area contributed by atoms with Gasteiger partial charge in [0.2, 0.25) is 0 Å². The first kappa shape index (κ1) is 10.5. The molecule has 0 radical (unpaired) electrons. The lowest BCUT2D eigenvalue weighted by Gasteiger charge is -2.22. The van der Waals surface area contributed by atoms with Crippen molar-refractivity contribution in [2.24, 2.45) is 0 Å². The molecule has 2 aromatic rings. The lowest BCUT2D eigenvalue weighted by Crippen LogP contribution is -2.16. The van der Waals surface area contributed by atoms with Crippen LogP contribution in [0.1, 0.15) is 44.0 Å². The van der Waals surface area contributed by atoms with Crippen molar-refractivity contribution in [2.45, 2.75) is 45.1 Å². The van der Waals surface area contributed by atoms with E-state index in [4.69, 9.17) is 0 Å². The van der Waals surface area contributed by atoms with Gasteiger partial charge in [0, 0.05) is 0 Å². The van der Waals surface area contributed by atoms with Crippen LogP contribution in [0.4, 0.5) is 0 Å². The van der Waals surface area contributed by atoms with Crippen LogP contribution in [-0.4, -0.2) is 19.7 Å². The molecule has 0 spiro atoms. The number of aromatic nitrogens is 4. The third kappa shape index (κ3) is 1.75. The van der Waals surface area contributed by atoms with Crippen molar-refractivity contribution in [1.29, 1.82) is 0 Å². The Labute approximate surface area is 98.9 Å². The third-order valence-electron chi connectivity index (χ3n) is 3.50. The van der Waals surface area contributed by atoms with Gasteiger partial charge in [-0.2, -0.15) is 5.10 Å². The Hall–Kier alpha value is -1.65. The smallest absolute Gasteiger partial charge is 0.262 e. The van der Waals surface area contributed by atoms with Gasteiger partial charge in [-0.15, -0.1) is 0 Å². The summed E-state index contributed by atoms with van der Waals surface area (Å²) >= 11 is 0. The van der Waals surface area contributed by atoms with Crippen LogP contribution in [0.3, 0.4) is 0 Å². The van der Waals surface area contributed by atoms with Crippen molar-refractivity contribution in [1.82, 2.24) is 19.7 Å². The summed E-state index contributed by atoms with van der Waals surface area (Å²) in [4.78, 5) is 18.9. The molecule has 1 aliphatic rings. The summed E-state index contributed by atoms with van der Waals surface area (Å²) in [6.07, 6.45) is 7.72. The number of hydrogen-bond acceptors (Lipinski definition) is 3. The molecule has 5 nitrogen and oxygen atoms in total. The maximum Gasteiger partial charge on any atom is 0.262 e. The molecular formula is C12H16N4O. The molecule has 5 heteroatoms. The summed E-state index contributed by atoms with van der Waals surface area (Å²) in [5, 5.41) is 4.95. The first-order valence-electron chi connectivity index (χ1n) is 6.20. The van der Waals surface area contributed by atoms with Crippen molar-refractivity contribution in [2.75, 3.05) is 0 Å². The maximum absolute atomic E-state index is 11.7. The topological polar surface area (TPSA) is 63.6 Å². The van der Waals surface area contributed by atoms with Crippen molar-refractivity contribution >= 4 is 11.0 Å². The molecule has 1 saturated carbocycles. The van der Waals surface area contributed by atoms with Gasteiger partial charge in [0.1, 0.15) is 11.2 Å².